The highest BCUT2D eigenvalue weighted by atomic mass is 35.5. The lowest BCUT2D eigenvalue weighted by atomic mass is 10.5. The van der Waals surface area contributed by atoms with Gasteiger partial charge >= 0.3 is 9.05 Å². The Balaban J connectivity index is 4.25. The van der Waals surface area contributed by atoms with Gasteiger partial charge in [-0.05, 0) is 26.7 Å². The van der Waals surface area contributed by atoms with Crippen molar-refractivity contribution in [3.05, 3.63) is 0 Å². The lowest BCUT2D eigenvalue weighted by Gasteiger charge is -2.27. The van der Waals surface area contributed by atoms with Gasteiger partial charge in [0.2, 0.25) is 0 Å². The molecule has 0 fully saturated rings. The Morgan fingerprint density at radius 1 is 0.765 bits per heavy atom. The van der Waals surface area contributed by atoms with E-state index in [0.717, 1.165) is 12.8 Å². The van der Waals surface area contributed by atoms with Crippen LogP contribution in [0.3, 0.4) is 0 Å². The average molecular weight is 305 g/mol. The highest BCUT2D eigenvalue weighted by molar-refractivity contribution is 6.53. The van der Waals surface area contributed by atoms with Gasteiger partial charge in [-0.1, -0.05) is 0 Å². The molecule has 7 heteroatoms. The van der Waals surface area contributed by atoms with Crippen molar-refractivity contribution in [1.82, 2.24) is 0 Å². The van der Waals surface area contributed by atoms with Crippen LogP contribution in [0, 0.1) is 0 Å². The van der Waals surface area contributed by atoms with Gasteiger partial charge in [0.15, 0.2) is 0 Å². The van der Waals surface area contributed by atoms with E-state index < -0.39 is 9.05 Å². The zero-order valence-electron chi connectivity index (χ0n) is 10.5. The van der Waals surface area contributed by atoms with Gasteiger partial charge in [0, 0.05) is 38.2 Å². The predicted octanol–water partition coefficient (Wildman–Crippen LogP) is 2.79. The van der Waals surface area contributed by atoms with Crippen LogP contribution in [0.15, 0.2) is 0 Å². The van der Waals surface area contributed by atoms with Crippen molar-refractivity contribution in [2.75, 3.05) is 38.2 Å². The smallest absolute Gasteiger partial charge is 0.351 e. The second-order valence-electron chi connectivity index (χ2n) is 3.15. The summed E-state index contributed by atoms with van der Waals surface area (Å²) in [4.78, 5) is 0. The van der Waals surface area contributed by atoms with Crippen LogP contribution in [0.1, 0.15) is 26.7 Å². The van der Waals surface area contributed by atoms with E-state index in [1.165, 1.54) is 0 Å². The minimum atomic E-state index is -2.99. The molecule has 0 aromatic carbocycles. The van der Waals surface area contributed by atoms with E-state index in [-0.39, 0.29) is 0 Å². The van der Waals surface area contributed by atoms with Crippen molar-refractivity contribution >= 4 is 32.2 Å². The van der Waals surface area contributed by atoms with Crippen molar-refractivity contribution in [3.63, 3.8) is 0 Å². The van der Waals surface area contributed by atoms with E-state index in [9.17, 15) is 0 Å². The molecule has 0 heterocycles. The molecule has 4 nitrogen and oxygen atoms in total. The van der Waals surface area contributed by atoms with Crippen molar-refractivity contribution in [2.24, 2.45) is 0 Å². The summed E-state index contributed by atoms with van der Waals surface area (Å²) < 4.78 is 22.4. The molecule has 0 aliphatic heterocycles. The van der Waals surface area contributed by atoms with Crippen LogP contribution in [-0.4, -0.2) is 47.2 Å². The summed E-state index contributed by atoms with van der Waals surface area (Å²) in [5.74, 6) is 1.09. The summed E-state index contributed by atoms with van der Waals surface area (Å²) in [5.41, 5.74) is 0. The fourth-order valence-electron chi connectivity index (χ4n) is 1.11. The fourth-order valence-corrected chi connectivity index (χ4v) is 3.32. The van der Waals surface area contributed by atoms with Crippen molar-refractivity contribution < 1.29 is 17.7 Å². The largest absolute Gasteiger partial charge is 0.679 e. The fraction of sp³-hybridized carbons (Fsp3) is 1.00. The van der Waals surface area contributed by atoms with Gasteiger partial charge in [-0.15, -0.1) is 23.2 Å². The van der Waals surface area contributed by atoms with Crippen LogP contribution in [0.2, 0.25) is 0 Å². The minimum absolute atomic E-state index is 0.483. The maximum Gasteiger partial charge on any atom is 0.679 e. The highest BCUT2D eigenvalue weighted by Gasteiger charge is 2.44. The SMILES string of the molecule is CCO[Si](OCC)(OCCCCl)OCCCCl. The summed E-state index contributed by atoms with van der Waals surface area (Å²) in [6.45, 7) is 5.72. The highest BCUT2D eigenvalue weighted by Crippen LogP contribution is 2.13. The maximum absolute atomic E-state index is 5.64. The summed E-state index contributed by atoms with van der Waals surface area (Å²) in [6, 6.07) is 0. The second kappa shape index (κ2) is 11.7. The van der Waals surface area contributed by atoms with Crippen LogP contribution in [0.25, 0.3) is 0 Å². The first-order valence-corrected chi connectivity index (χ1v) is 8.62. The summed E-state index contributed by atoms with van der Waals surface area (Å²) in [5, 5.41) is 0. The molecule has 0 saturated heterocycles. The molecule has 0 amide bonds. The van der Waals surface area contributed by atoms with Gasteiger partial charge in [-0.25, -0.2) is 0 Å². The molecular weight excluding hydrogens is 283 g/mol. The van der Waals surface area contributed by atoms with Crippen LogP contribution in [0.5, 0.6) is 0 Å². The third-order valence-electron chi connectivity index (χ3n) is 1.76. The molecule has 0 radical (unpaired) electrons. The van der Waals surface area contributed by atoms with Crippen molar-refractivity contribution in [2.45, 2.75) is 26.7 Å². The van der Waals surface area contributed by atoms with Crippen LogP contribution in [-0.2, 0) is 17.7 Å². The number of halogens is 2. The molecule has 17 heavy (non-hydrogen) atoms. The molecule has 0 atom stereocenters. The van der Waals surface area contributed by atoms with Gasteiger partial charge < -0.3 is 17.7 Å². The summed E-state index contributed by atoms with van der Waals surface area (Å²) in [6.07, 6.45) is 1.49. The number of hydrogen-bond acceptors (Lipinski definition) is 4. The van der Waals surface area contributed by atoms with E-state index >= 15 is 0 Å². The molecule has 0 spiro atoms. The van der Waals surface area contributed by atoms with Gasteiger partial charge in [0.1, 0.15) is 0 Å². The Morgan fingerprint density at radius 2 is 1.18 bits per heavy atom. The minimum Gasteiger partial charge on any atom is -0.351 e. The first-order chi connectivity index (χ1) is 8.24. The molecular formula is C10H22Cl2O4Si. The maximum atomic E-state index is 5.64. The van der Waals surface area contributed by atoms with Crippen molar-refractivity contribution in [1.29, 1.82) is 0 Å². The first-order valence-electron chi connectivity index (χ1n) is 5.92. The Labute approximate surface area is 115 Å². The number of rotatable bonds is 12. The normalized spacial score (nSPS) is 12.0. The molecule has 0 N–H and O–H groups in total. The van der Waals surface area contributed by atoms with Gasteiger partial charge in [-0.2, -0.15) is 0 Å². The molecule has 0 aliphatic rings. The van der Waals surface area contributed by atoms with Crippen LogP contribution in [0.4, 0.5) is 0 Å². The Hall–Kier alpha value is 0.637. The topological polar surface area (TPSA) is 36.9 Å². The van der Waals surface area contributed by atoms with Crippen LogP contribution < -0.4 is 0 Å². The zero-order valence-corrected chi connectivity index (χ0v) is 13.1. The van der Waals surface area contributed by atoms with E-state index in [1.54, 1.807) is 0 Å². The Morgan fingerprint density at radius 3 is 1.47 bits per heavy atom. The molecule has 0 bridgehead atoms. The summed E-state index contributed by atoms with van der Waals surface area (Å²) in [7, 11) is -2.99. The Kier molecular flexibility index (Phi) is 12.2. The molecule has 0 unspecified atom stereocenters. The van der Waals surface area contributed by atoms with E-state index in [2.05, 4.69) is 0 Å². The predicted molar refractivity (Wildman–Crippen MR) is 71.6 cm³/mol. The molecule has 0 aromatic rings. The van der Waals surface area contributed by atoms with E-state index in [0.29, 0.717) is 38.2 Å². The van der Waals surface area contributed by atoms with Gasteiger partial charge in [-0.3, -0.25) is 0 Å². The molecule has 0 aromatic heterocycles. The zero-order chi connectivity index (χ0) is 13.0. The standard InChI is InChI=1S/C10H22Cl2O4Si/c1-3-13-17(14-4-2,15-9-5-7-11)16-10-6-8-12/h3-10H2,1-2H3. The van der Waals surface area contributed by atoms with E-state index in [4.69, 9.17) is 40.9 Å². The van der Waals surface area contributed by atoms with Gasteiger partial charge in [0.25, 0.3) is 0 Å². The third-order valence-corrected chi connectivity index (χ3v) is 4.69. The lowest BCUT2D eigenvalue weighted by molar-refractivity contribution is -0.0296. The van der Waals surface area contributed by atoms with Gasteiger partial charge in [0.05, 0.1) is 0 Å². The lowest BCUT2D eigenvalue weighted by Crippen LogP contribution is -2.49. The monoisotopic (exact) mass is 304 g/mol. The molecule has 0 rings (SSSR count). The molecule has 0 aliphatic carbocycles. The molecule has 0 saturated carbocycles. The second-order valence-corrected chi connectivity index (χ2v) is 6.06. The average Bonchev–Trinajstić information content (AvgIpc) is 2.30. The number of hydrogen-bond donors (Lipinski definition) is 0. The summed E-state index contributed by atoms with van der Waals surface area (Å²) >= 11 is 11.2. The Bertz CT molecular complexity index is 156. The quantitative estimate of drug-likeness (QED) is 0.316. The van der Waals surface area contributed by atoms with Crippen molar-refractivity contribution in [3.8, 4) is 0 Å². The van der Waals surface area contributed by atoms with Crippen LogP contribution >= 0.6 is 23.2 Å². The van der Waals surface area contributed by atoms with E-state index in [1.807, 2.05) is 13.8 Å². The number of alkyl halides is 2. The third kappa shape index (κ3) is 8.37. The molecule has 104 valence electrons. The first kappa shape index (κ1) is 17.6.